The molecular weight excluding hydrogens is 380 g/mol. The van der Waals surface area contributed by atoms with Crippen LogP contribution >= 0.6 is 23.4 Å². The molecule has 2 unspecified atom stereocenters. The standard InChI is InChI=1S/C21H29ClN2O2S/c1-12(2)5-6-27-20-16(3-4-17(22)23-20)19(25)24-18-14-7-13-8-15(18)11-21(26,9-13)10-14/h3-4,12-15,18,26H,5-11H2,1-2H3,(H,24,25)/t13?,14?,15?,18-,21-. The van der Waals surface area contributed by atoms with Crippen LogP contribution in [-0.2, 0) is 0 Å². The van der Waals surface area contributed by atoms with Crippen molar-refractivity contribution in [3.8, 4) is 0 Å². The highest BCUT2D eigenvalue weighted by molar-refractivity contribution is 7.99. The Labute approximate surface area is 170 Å². The molecule has 148 valence electrons. The Balaban J connectivity index is 1.47. The molecule has 1 aromatic rings. The number of carbonyl (C=O) groups excluding carboxylic acids is 1. The van der Waals surface area contributed by atoms with E-state index < -0.39 is 5.60 Å². The van der Waals surface area contributed by atoms with Crippen LogP contribution in [0.2, 0.25) is 5.15 Å². The molecule has 0 radical (unpaired) electrons. The summed E-state index contributed by atoms with van der Waals surface area (Å²) in [6, 6.07) is 3.67. The van der Waals surface area contributed by atoms with Gasteiger partial charge >= 0.3 is 0 Å². The van der Waals surface area contributed by atoms with Crippen LogP contribution in [0.1, 0.15) is 62.7 Å². The average Bonchev–Trinajstić information content (AvgIpc) is 2.56. The number of hydrogen-bond donors (Lipinski definition) is 2. The van der Waals surface area contributed by atoms with E-state index >= 15 is 0 Å². The number of pyridine rings is 1. The Kier molecular flexibility index (Phi) is 5.47. The van der Waals surface area contributed by atoms with Gasteiger partial charge in [0.1, 0.15) is 10.2 Å². The minimum Gasteiger partial charge on any atom is -0.390 e. The summed E-state index contributed by atoms with van der Waals surface area (Å²) in [4.78, 5) is 17.5. The van der Waals surface area contributed by atoms with Crippen molar-refractivity contribution < 1.29 is 9.90 Å². The summed E-state index contributed by atoms with van der Waals surface area (Å²) in [5, 5.41) is 15.2. The molecular formula is C21H29ClN2O2S. The van der Waals surface area contributed by atoms with Crippen LogP contribution in [-0.4, -0.2) is 33.4 Å². The Morgan fingerprint density at radius 1 is 1.33 bits per heavy atom. The molecule has 4 saturated carbocycles. The Morgan fingerprint density at radius 3 is 2.67 bits per heavy atom. The third-order valence-electron chi connectivity index (χ3n) is 6.54. The van der Waals surface area contributed by atoms with Gasteiger partial charge in [-0.25, -0.2) is 4.98 Å². The lowest BCUT2D eigenvalue weighted by Gasteiger charge is -2.58. The van der Waals surface area contributed by atoms with Crippen molar-refractivity contribution >= 4 is 29.3 Å². The van der Waals surface area contributed by atoms with E-state index in [4.69, 9.17) is 11.6 Å². The molecule has 0 saturated heterocycles. The smallest absolute Gasteiger partial charge is 0.254 e. The molecule has 2 N–H and O–H groups in total. The zero-order chi connectivity index (χ0) is 19.2. The number of amides is 1. The highest BCUT2D eigenvalue weighted by atomic mass is 35.5. The lowest BCUT2D eigenvalue weighted by Crippen LogP contribution is -2.61. The topological polar surface area (TPSA) is 62.2 Å². The molecule has 0 aliphatic heterocycles. The van der Waals surface area contributed by atoms with Crippen molar-refractivity contribution in [1.29, 1.82) is 0 Å². The van der Waals surface area contributed by atoms with Gasteiger partial charge in [-0.3, -0.25) is 4.79 Å². The van der Waals surface area contributed by atoms with Crippen molar-refractivity contribution in [2.24, 2.45) is 23.7 Å². The van der Waals surface area contributed by atoms with Crippen LogP contribution in [0, 0.1) is 23.7 Å². The summed E-state index contributed by atoms with van der Waals surface area (Å²) in [7, 11) is 0. The minimum absolute atomic E-state index is 0.0457. The SMILES string of the molecule is CC(C)CCSc1nc(Cl)ccc1C(=O)N[C@H]1C2CC3CC1C[C@](O)(C3)C2. The van der Waals surface area contributed by atoms with Crippen LogP contribution in [0.5, 0.6) is 0 Å². The predicted octanol–water partition coefficient (Wildman–Crippen LogP) is 4.54. The maximum absolute atomic E-state index is 13.1. The first kappa shape index (κ1) is 19.5. The maximum atomic E-state index is 13.1. The first-order chi connectivity index (χ1) is 12.8. The number of aliphatic hydroxyl groups is 1. The molecule has 1 heterocycles. The molecule has 5 rings (SSSR count). The molecule has 1 amide bonds. The van der Waals surface area contributed by atoms with Crippen LogP contribution in [0.3, 0.4) is 0 Å². The van der Waals surface area contributed by atoms with E-state index in [1.807, 2.05) is 0 Å². The van der Waals surface area contributed by atoms with E-state index in [0.29, 0.717) is 34.4 Å². The van der Waals surface area contributed by atoms with E-state index in [-0.39, 0.29) is 11.9 Å². The normalized spacial score (nSPS) is 34.3. The van der Waals surface area contributed by atoms with Crippen LogP contribution < -0.4 is 5.32 Å². The molecule has 4 aliphatic carbocycles. The van der Waals surface area contributed by atoms with Crippen LogP contribution in [0.4, 0.5) is 0 Å². The van der Waals surface area contributed by atoms with Gasteiger partial charge in [0.2, 0.25) is 0 Å². The largest absolute Gasteiger partial charge is 0.390 e. The average molecular weight is 409 g/mol. The molecule has 2 atom stereocenters. The molecule has 6 heteroatoms. The van der Waals surface area contributed by atoms with Gasteiger partial charge in [0.15, 0.2) is 0 Å². The second-order valence-electron chi connectivity index (χ2n) is 9.21. The minimum atomic E-state index is -0.475. The van der Waals surface area contributed by atoms with Gasteiger partial charge < -0.3 is 10.4 Å². The van der Waals surface area contributed by atoms with Gasteiger partial charge in [-0.05, 0) is 80.1 Å². The van der Waals surface area contributed by atoms with E-state index in [1.54, 1.807) is 23.9 Å². The summed E-state index contributed by atoms with van der Waals surface area (Å²) in [5.74, 6) is 2.95. The molecule has 4 fully saturated rings. The summed E-state index contributed by atoms with van der Waals surface area (Å²) in [6.45, 7) is 4.39. The highest BCUT2D eigenvalue weighted by Gasteiger charge is 2.55. The predicted molar refractivity (Wildman–Crippen MR) is 109 cm³/mol. The van der Waals surface area contributed by atoms with Crippen molar-refractivity contribution in [3.63, 3.8) is 0 Å². The third kappa shape index (κ3) is 4.15. The van der Waals surface area contributed by atoms with E-state index in [0.717, 1.165) is 49.3 Å². The Bertz CT molecular complexity index is 710. The van der Waals surface area contributed by atoms with E-state index in [2.05, 4.69) is 24.1 Å². The molecule has 0 spiro atoms. The van der Waals surface area contributed by atoms with Gasteiger partial charge in [0, 0.05) is 6.04 Å². The first-order valence-corrected chi connectivity index (χ1v) is 11.5. The molecule has 27 heavy (non-hydrogen) atoms. The molecule has 4 aliphatic rings. The Morgan fingerprint density at radius 2 is 2.04 bits per heavy atom. The number of halogens is 1. The van der Waals surface area contributed by atoms with Crippen LogP contribution in [0.15, 0.2) is 17.2 Å². The maximum Gasteiger partial charge on any atom is 0.254 e. The molecule has 0 aromatic carbocycles. The zero-order valence-electron chi connectivity index (χ0n) is 16.1. The van der Waals surface area contributed by atoms with Gasteiger partial charge in [-0.2, -0.15) is 0 Å². The van der Waals surface area contributed by atoms with Crippen LogP contribution in [0.25, 0.3) is 0 Å². The highest BCUT2D eigenvalue weighted by Crippen LogP contribution is 2.55. The number of carbonyl (C=O) groups is 1. The van der Waals surface area contributed by atoms with Crippen molar-refractivity contribution in [1.82, 2.24) is 10.3 Å². The summed E-state index contributed by atoms with van der Waals surface area (Å²) in [5.41, 5.74) is 0.151. The number of hydrogen-bond acceptors (Lipinski definition) is 4. The first-order valence-electron chi connectivity index (χ1n) is 10.2. The fourth-order valence-corrected chi connectivity index (χ4v) is 7.00. The summed E-state index contributed by atoms with van der Waals surface area (Å²) in [6.07, 6.45) is 5.97. The van der Waals surface area contributed by atoms with Gasteiger partial charge in [-0.1, -0.05) is 25.4 Å². The third-order valence-corrected chi connectivity index (χ3v) is 7.78. The van der Waals surface area contributed by atoms with Crippen molar-refractivity contribution in [3.05, 3.63) is 22.8 Å². The fourth-order valence-electron chi connectivity index (χ4n) is 5.54. The number of thioether (sulfide) groups is 1. The van der Waals surface area contributed by atoms with E-state index in [1.165, 1.54) is 0 Å². The number of aromatic nitrogens is 1. The summed E-state index contributed by atoms with van der Waals surface area (Å²) < 4.78 is 0. The number of rotatable bonds is 6. The second-order valence-corrected chi connectivity index (χ2v) is 10.7. The molecule has 4 bridgehead atoms. The number of nitrogens with zero attached hydrogens (tertiary/aromatic N) is 1. The number of nitrogens with one attached hydrogen (secondary N) is 1. The zero-order valence-corrected chi connectivity index (χ0v) is 17.7. The fraction of sp³-hybridized carbons (Fsp3) is 0.714. The van der Waals surface area contributed by atoms with Crippen molar-refractivity contribution in [2.75, 3.05) is 5.75 Å². The van der Waals surface area contributed by atoms with Gasteiger partial charge in [0.25, 0.3) is 5.91 Å². The van der Waals surface area contributed by atoms with Crippen molar-refractivity contribution in [2.45, 2.75) is 69.0 Å². The monoisotopic (exact) mass is 408 g/mol. The lowest BCUT2D eigenvalue weighted by molar-refractivity contribution is -0.136. The lowest BCUT2D eigenvalue weighted by atomic mass is 9.52. The Hall–Kier alpha value is -0.780. The van der Waals surface area contributed by atoms with Gasteiger partial charge in [0.05, 0.1) is 11.2 Å². The molecule has 1 aromatic heterocycles. The van der Waals surface area contributed by atoms with Gasteiger partial charge in [-0.15, -0.1) is 11.8 Å². The van der Waals surface area contributed by atoms with E-state index in [9.17, 15) is 9.90 Å². The molecule has 4 nitrogen and oxygen atoms in total. The second kappa shape index (κ2) is 7.57. The summed E-state index contributed by atoms with van der Waals surface area (Å²) >= 11 is 7.70. The quantitative estimate of drug-likeness (QED) is 0.535.